The summed E-state index contributed by atoms with van der Waals surface area (Å²) in [5, 5.41) is 2.94. The second-order valence-corrected chi connectivity index (χ2v) is 5.56. The maximum atomic E-state index is 12.4. The average molecular weight is 294 g/mol. The number of nitrogens with zero attached hydrogens (tertiary/aromatic N) is 1. The van der Waals surface area contributed by atoms with E-state index in [-0.39, 0.29) is 11.8 Å². The minimum absolute atomic E-state index is 0.00370. The molecule has 0 bridgehead atoms. The third kappa shape index (κ3) is 2.60. The quantitative estimate of drug-likeness (QED) is 0.925. The van der Waals surface area contributed by atoms with Crippen LogP contribution in [0.25, 0.3) is 0 Å². The largest absolute Gasteiger partial charge is 0.320 e. The van der Waals surface area contributed by atoms with Gasteiger partial charge < -0.3 is 10.2 Å². The van der Waals surface area contributed by atoms with Crippen LogP contribution in [0, 0.1) is 6.92 Å². The Kier molecular flexibility index (Phi) is 3.67. The fourth-order valence-electron chi connectivity index (χ4n) is 2.85. The maximum Gasteiger partial charge on any atom is 0.255 e. The molecule has 1 N–H and O–H groups in total. The van der Waals surface area contributed by atoms with E-state index in [0.29, 0.717) is 17.8 Å². The number of hydrogen-bond donors (Lipinski definition) is 1. The molecule has 0 radical (unpaired) electrons. The molecule has 4 heteroatoms. The zero-order valence-corrected chi connectivity index (χ0v) is 12.7. The highest BCUT2D eigenvalue weighted by atomic mass is 16.2. The number of para-hydroxylation sites is 1. The van der Waals surface area contributed by atoms with Gasteiger partial charge in [0.15, 0.2) is 0 Å². The van der Waals surface area contributed by atoms with Crippen LogP contribution in [0.15, 0.2) is 42.5 Å². The summed E-state index contributed by atoms with van der Waals surface area (Å²) in [7, 11) is 0. The van der Waals surface area contributed by atoms with Crippen LogP contribution in [0.3, 0.4) is 0 Å². The molecular formula is C18H18N2O2. The van der Waals surface area contributed by atoms with E-state index in [9.17, 15) is 9.59 Å². The molecule has 4 nitrogen and oxygen atoms in total. The zero-order chi connectivity index (χ0) is 15.7. The summed E-state index contributed by atoms with van der Waals surface area (Å²) >= 11 is 0. The number of carbonyl (C=O) groups excluding carboxylic acids is 2. The second-order valence-electron chi connectivity index (χ2n) is 5.56. The molecule has 0 fully saturated rings. The highest BCUT2D eigenvalue weighted by molar-refractivity contribution is 6.08. The Hall–Kier alpha value is -2.62. The van der Waals surface area contributed by atoms with Gasteiger partial charge in [-0.15, -0.1) is 0 Å². The summed E-state index contributed by atoms with van der Waals surface area (Å²) in [5.74, 6) is -0.163. The van der Waals surface area contributed by atoms with Crippen molar-refractivity contribution in [1.82, 2.24) is 0 Å². The van der Waals surface area contributed by atoms with Crippen LogP contribution in [0.5, 0.6) is 0 Å². The smallest absolute Gasteiger partial charge is 0.255 e. The molecule has 2 aromatic carbocycles. The van der Waals surface area contributed by atoms with Crippen molar-refractivity contribution in [2.45, 2.75) is 20.3 Å². The van der Waals surface area contributed by atoms with E-state index in [0.717, 1.165) is 23.2 Å². The van der Waals surface area contributed by atoms with Gasteiger partial charge in [0.25, 0.3) is 5.91 Å². The molecule has 0 saturated carbocycles. The van der Waals surface area contributed by atoms with E-state index in [2.05, 4.69) is 5.32 Å². The molecular weight excluding hydrogens is 276 g/mol. The van der Waals surface area contributed by atoms with Gasteiger partial charge in [-0.3, -0.25) is 9.59 Å². The molecule has 3 rings (SSSR count). The maximum absolute atomic E-state index is 12.4. The summed E-state index contributed by atoms with van der Waals surface area (Å²) in [4.78, 5) is 25.9. The molecule has 0 unspecified atom stereocenters. The lowest BCUT2D eigenvalue weighted by molar-refractivity contribution is -0.116. The van der Waals surface area contributed by atoms with E-state index in [1.165, 1.54) is 0 Å². The second kappa shape index (κ2) is 5.64. The van der Waals surface area contributed by atoms with Crippen LogP contribution < -0.4 is 10.2 Å². The first-order chi connectivity index (χ1) is 10.6. The predicted molar refractivity (Wildman–Crippen MR) is 87.3 cm³/mol. The van der Waals surface area contributed by atoms with Crippen molar-refractivity contribution in [3.63, 3.8) is 0 Å². The summed E-state index contributed by atoms with van der Waals surface area (Å²) in [6, 6.07) is 13.2. The number of fused-ring (bicyclic) bond motifs is 1. The molecule has 1 heterocycles. The Labute approximate surface area is 129 Å². The van der Waals surface area contributed by atoms with Gasteiger partial charge in [0, 0.05) is 19.0 Å². The normalized spacial score (nSPS) is 12.9. The number of hydrogen-bond acceptors (Lipinski definition) is 2. The number of carbonyl (C=O) groups is 2. The molecule has 0 atom stereocenters. The molecule has 0 saturated heterocycles. The number of amides is 2. The van der Waals surface area contributed by atoms with Crippen molar-refractivity contribution in [2.75, 3.05) is 16.8 Å². The van der Waals surface area contributed by atoms with Crippen molar-refractivity contribution in [2.24, 2.45) is 0 Å². The first-order valence-electron chi connectivity index (χ1n) is 7.34. The van der Waals surface area contributed by atoms with E-state index < -0.39 is 0 Å². The molecule has 1 aliphatic heterocycles. The highest BCUT2D eigenvalue weighted by Crippen LogP contribution is 2.35. The fourth-order valence-corrected chi connectivity index (χ4v) is 2.85. The minimum Gasteiger partial charge on any atom is -0.320 e. The number of aryl methyl sites for hydroxylation is 1. The molecule has 2 amide bonds. The lowest BCUT2D eigenvalue weighted by Crippen LogP contribution is -2.27. The van der Waals surface area contributed by atoms with E-state index in [1.807, 2.05) is 43.3 Å². The van der Waals surface area contributed by atoms with Crippen LogP contribution in [-0.2, 0) is 11.2 Å². The van der Waals surface area contributed by atoms with Crippen LogP contribution >= 0.6 is 0 Å². The lowest BCUT2D eigenvalue weighted by Gasteiger charge is -2.19. The van der Waals surface area contributed by atoms with Crippen molar-refractivity contribution in [1.29, 1.82) is 0 Å². The average Bonchev–Trinajstić information content (AvgIpc) is 2.92. The standard InChI is InChI=1S/C18H18N2O2/c1-12-5-3-7-15(11-12)18(22)19-16-8-4-6-14-9-10-20(13(2)21)17(14)16/h3-8,11H,9-10H2,1-2H3,(H,19,22). The van der Waals surface area contributed by atoms with Gasteiger partial charge in [0.1, 0.15) is 0 Å². The van der Waals surface area contributed by atoms with Gasteiger partial charge in [-0.05, 0) is 37.1 Å². The number of anilines is 2. The SMILES string of the molecule is CC(=O)N1CCc2cccc(NC(=O)c3cccc(C)c3)c21. The van der Waals surface area contributed by atoms with Crippen LogP contribution in [-0.4, -0.2) is 18.4 Å². The molecule has 0 spiro atoms. The van der Waals surface area contributed by atoms with Gasteiger partial charge in [-0.1, -0.05) is 29.8 Å². The van der Waals surface area contributed by atoms with Gasteiger partial charge >= 0.3 is 0 Å². The first-order valence-corrected chi connectivity index (χ1v) is 7.34. The molecule has 112 valence electrons. The molecule has 22 heavy (non-hydrogen) atoms. The number of benzene rings is 2. The minimum atomic E-state index is -0.160. The van der Waals surface area contributed by atoms with Crippen LogP contribution in [0.2, 0.25) is 0 Å². The van der Waals surface area contributed by atoms with Gasteiger partial charge in [-0.25, -0.2) is 0 Å². The van der Waals surface area contributed by atoms with Crippen molar-refractivity contribution in [3.05, 3.63) is 59.2 Å². The van der Waals surface area contributed by atoms with E-state index in [1.54, 1.807) is 17.9 Å². The Bertz CT molecular complexity index is 753. The Morgan fingerprint density at radius 3 is 2.64 bits per heavy atom. The van der Waals surface area contributed by atoms with Crippen molar-refractivity contribution >= 4 is 23.2 Å². The van der Waals surface area contributed by atoms with Gasteiger partial charge in [-0.2, -0.15) is 0 Å². The van der Waals surface area contributed by atoms with E-state index >= 15 is 0 Å². The van der Waals surface area contributed by atoms with Crippen LogP contribution in [0.1, 0.15) is 28.4 Å². The third-order valence-corrected chi connectivity index (χ3v) is 3.90. The zero-order valence-electron chi connectivity index (χ0n) is 12.7. The summed E-state index contributed by atoms with van der Waals surface area (Å²) in [6.07, 6.45) is 0.822. The highest BCUT2D eigenvalue weighted by Gasteiger charge is 2.25. The Morgan fingerprint density at radius 2 is 1.91 bits per heavy atom. The fraction of sp³-hybridized carbons (Fsp3) is 0.222. The van der Waals surface area contributed by atoms with Crippen LogP contribution in [0.4, 0.5) is 11.4 Å². The molecule has 0 aromatic heterocycles. The first kappa shape index (κ1) is 14.3. The number of nitrogens with one attached hydrogen (secondary N) is 1. The van der Waals surface area contributed by atoms with Crippen molar-refractivity contribution in [3.8, 4) is 0 Å². The van der Waals surface area contributed by atoms with Gasteiger partial charge in [0.2, 0.25) is 5.91 Å². The number of rotatable bonds is 2. The van der Waals surface area contributed by atoms with Crippen molar-refractivity contribution < 1.29 is 9.59 Å². The molecule has 1 aliphatic rings. The monoisotopic (exact) mass is 294 g/mol. The summed E-state index contributed by atoms with van der Waals surface area (Å²) in [6.45, 7) is 4.17. The summed E-state index contributed by atoms with van der Waals surface area (Å²) in [5.41, 5.74) is 4.27. The molecule has 2 aromatic rings. The van der Waals surface area contributed by atoms with Gasteiger partial charge in [0.05, 0.1) is 11.4 Å². The lowest BCUT2D eigenvalue weighted by atomic mass is 10.1. The molecule has 0 aliphatic carbocycles. The predicted octanol–water partition coefficient (Wildman–Crippen LogP) is 3.16. The Morgan fingerprint density at radius 1 is 1.14 bits per heavy atom. The Balaban J connectivity index is 1.92. The topological polar surface area (TPSA) is 49.4 Å². The third-order valence-electron chi connectivity index (χ3n) is 3.90. The summed E-state index contributed by atoms with van der Waals surface area (Å²) < 4.78 is 0. The van der Waals surface area contributed by atoms with E-state index in [4.69, 9.17) is 0 Å².